The van der Waals surface area contributed by atoms with Crippen molar-refractivity contribution in [1.82, 2.24) is 5.32 Å². The van der Waals surface area contributed by atoms with Gasteiger partial charge in [0.25, 0.3) is 0 Å². The van der Waals surface area contributed by atoms with Crippen molar-refractivity contribution in [3.05, 3.63) is 11.8 Å². The summed E-state index contributed by atoms with van der Waals surface area (Å²) in [6.45, 7) is 8.11. The molecule has 0 unspecified atom stereocenters. The smallest absolute Gasteiger partial charge is 0.216 e. The van der Waals surface area contributed by atoms with Crippen molar-refractivity contribution in [2.24, 2.45) is 5.41 Å². The first kappa shape index (κ1) is 13.0. The van der Waals surface area contributed by atoms with E-state index in [4.69, 9.17) is 9.47 Å². The molecular weight excluding hydrogens is 206 g/mol. The molecule has 1 aliphatic heterocycles. The molecule has 0 aromatic rings. The van der Waals surface area contributed by atoms with Gasteiger partial charge in [0.15, 0.2) is 0 Å². The molecule has 1 aliphatic rings. The van der Waals surface area contributed by atoms with Crippen molar-refractivity contribution in [1.29, 1.82) is 0 Å². The minimum atomic E-state index is -0.0332. The molecule has 92 valence electrons. The maximum absolute atomic E-state index is 10.9. The van der Waals surface area contributed by atoms with Crippen LogP contribution in [-0.2, 0) is 14.3 Å². The van der Waals surface area contributed by atoms with Crippen LogP contribution in [0.3, 0.4) is 0 Å². The Bertz CT molecular complexity index is 269. The van der Waals surface area contributed by atoms with Gasteiger partial charge in [-0.2, -0.15) is 0 Å². The SMILES string of the molecule is CC/C=C(/C)OCC1(CNC(C)=O)COC1. The van der Waals surface area contributed by atoms with Gasteiger partial charge in [-0.15, -0.1) is 0 Å². The van der Waals surface area contributed by atoms with Crippen molar-refractivity contribution in [2.45, 2.75) is 27.2 Å². The van der Waals surface area contributed by atoms with Crippen LogP contribution in [0, 0.1) is 5.41 Å². The number of hydrogen-bond acceptors (Lipinski definition) is 3. The van der Waals surface area contributed by atoms with Gasteiger partial charge in [0.2, 0.25) is 5.91 Å². The zero-order chi connectivity index (χ0) is 12.0. The summed E-state index contributed by atoms with van der Waals surface area (Å²) in [6, 6.07) is 0. The van der Waals surface area contributed by atoms with Gasteiger partial charge in [0.05, 0.1) is 31.0 Å². The topological polar surface area (TPSA) is 47.6 Å². The van der Waals surface area contributed by atoms with Gasteiger partial charge >= 0.3 is 0 Å². The summed E-state index contributed by atoms with van der Waals surface area (Å²) in [4.78, 5) is 10.9. The molecule has 0 saturated carbocycles. The fraction of sp³-hybridized carbons (Fsp3) is 0.750. The molecule has 0 spiro atoms. The van der Waals surface area contributed by atoms with Crippen LogP contribution in [-0.4, -0.2) is 32.3 Å². The third-order valence-corrected chi connectivity index (χ3v) is 2.63. The first-order valence-corrected chi connectivity index (χ1v) is 5.70. The van der Waals surface area contributed by atoms with Crippen LogP contribution >= 0.6 is 0 Å². The molecular formula is C12H21NO3. The van der Waals surface area contributed by atoms with E-state index in [2.05, 4.69) is 12.2 Å². The van der Waals surface area contributed by atoms with Crippen LogP contribution in [0.15, 0.2) is 11.8 Å². The van der Waals surface area contributed by atoms with Crippen molar-refractivity contribution in [2.75, 3.05) is 26.4 Å². The van der Waals surface area contributed by atoms with Gasteiger partial charge in [-0.1, -0.05) is 6.92 Å². The highest BCUT2D eigenvalue weighted by molar-refractivity contribution is 5.72. The Morgan fingerprint density at radius 2 is 2.19 bits per heavy atom. The molecule has 4 nitrogen and oxygen atoms in total. The number of amides is 1. The predicted octanol–water partition coefficient (Wildman–Crippen LogP) is 1.47. The van der Waals surface area contributed by atoms with Crippen molar-refractivity contribution >= 4 is 5.91 Å². The van der Waals surface area contributed by atoms with E-state index in [1.165, 1.54) is 6.92 Å². The quantitative estimate of drug-likeness (QED) is 0.699. The van der Waals surface area contributed by atoms with E-state index in [0.717, 1.165) is 12.2 Å². The molecule has 0 bridgehead atoms. The lowest BCUT2D eigenvalue weighted by Gasteiger charge is -2.41. The molecule has 1 amide bonds. The number of rotatable bonds is 6. The monoisotopic (exact) mass is 227 g/mol. The maximum Gasteiger partial charge on any atom is 0.216 e. The zero-order valence-electron chi connectivity index (χ0n) is 10.3. The molecule has 0 aromatic carbocycles. The number of carbonyl (C=O) groups excluding carboxylic acids is 1. The number of ether oxygens (including phenoxy) is 2. The lowest BCUT2D eigenvalue weighted by molar-refractivity contribution is -0.143. The first-order chi connectivity index (χ1) is 7.58. The number of carbonyl (C=O) groups is 1. The summed E-state index contributed by atoms with van der Waals surface area (Å²) >= 11 is 0. The average Bonchev–Trinajstić information content (AvgIpc) is 2.15. The maximum atomic E-state index is 10.9. The Balaban J connectivity index is 2.35. The van der Waals surface area contributed by atoms with Crippen molar-refractivity contribution in [3.63, 3.8) is 0 Å². The lowest BCUT2D eigenvalue weighted by Crippen LogP contribution is -2.53. The van der Waals surface area contributed by atoms with Gasteiger partial charge in [-0.3, -0.25) is 4.79 Å². The van der Waals surface area contributed by atoms with Gasteiger partial charge < -0.3 is 14.8 Å². The Morgan fingerprint density at radius 3 is 2.62 bits per heavy atom. The van der Waals surface area contributed by atoms with Crippen LogP contribution in [0.4, 0.5) is 0 Å². The fourth-order valence-corrected chi connectivity index (χ4v) is 1.55. The minimum absolute atomic E-state index is 0.00732. The number of nitrogens with one attached hydrogen (secondary N) is 1. The number of allylic oxidation sites excluding steroid dienone is 2. The largest absolute Gasteiger partial charge is 0.498 e. The summed E-state index contributed by atoms with van der Waals surface area (Å²) < 4.78 is 10.9. The number of hydrogen-bond donors (Lipinski definition) is 1. The van der Waals surface area contributed by atoms with Crippen LogP contribution in [0.25, 0.3) is 0 Å². The Labute approximate surface area is 97.0 Å². The molecule has 0 aromatic heterocycles. The Hall–Kier alpha value is -1.03. The van der Waals surface area contributed by atoms with Gasteiger partial charge in [-0.25, -0.2) is 0 Å². The second kappa shape index (κ2) is 5.89. The average molecular weight is 227 g/mol. The summed E-state index contributed by atoms with van der Waals surface area (Å²) in [5.74, 6) is 0.934. The Morgan fingerprint density at radius 1 is 1.50 bits per heavy atom. The summed E-state index contributed by atoms with van der Waals surface area (Å²) in [7, 11) is 0. The van der Waals surface area contributed by atoms with Crippen LogP contribution in [0.2, 0.25) is 0 Å². The van der Waals surface area contributed by atoms with Gasteiger partial charge in [-0.05, 0) is 19.4 Å². The highest BCUT2D eigenvalue weighted by Gasteiger charge is 2.39. The van der Waals surface area contributed by atoms with E-state index >= 15 is 0 Å². The molecule has 0 radical (unpaired) electrons. The van der Waals surface area contributed by atoms with E-state index in [1.807, 2.05) is 13.0 Å². The molecule has 4 heteroatoms. The van der Waals surface area contributed by atoms with Crippen LogP contribution < -0.4 is 5.32 Å². The molecule has 1 heterocycles. The van der Waals surface area contributed by atoms with Crippen LogP contribution in [0.5, 0.6) is 0 Å². The second-order valence-corrected chi connectivity index (χ2v) is 4.41. The molecule has 1 saturated heterocycles. The highest BCUT2D eigenvalue weighted by Crippen LogP contribution is 2.27. The van der Waals surface area contributed by atoms with Crippen LogP contribution in [0.1, 0.15) is 27.2 Å². The third-order valence-electron chi connectivity index (χ3n) is 2.63. The highest BCUT2D eigenvalue weighted by atomic mass is 16.5. The zero-order valence-corrected chi connectivity index (χ0v) is 10.3. The van der Waals surface area contributed by atoms with E-state index in [0.29, 0.717) is 26.4 Å². The van der Waals surface area contributed by atoms with Gasteiger partial charge in [0.1, 0.15) is 0 Å². The van der Waals surface area contributed by atoms with Gasteiger partial charge in [0, 0.05) is 13.5 Å². The summed E-state index contributed by atoms with van der Waals surface area (Å²) in [5.41, 5.74) is -0.0332. The molecule has 0 atom stereocenters. The van der Waals surface area contributed by atoms with Crippen molar-refractivity contribution in [3.8, 4) is 0 Å². The van der Waals surface area contributed by atoms with E-state index in [-0.39, 0.29) is 11.3 Å². The first-order valence-electron chi connectivity index (χ1n) is 5.70. The molecule has 16 heavy (non-hydrogen) atoms. The molecule has 1 rings (SSSR count). The molecule has 1 N–H and O–H groups in total. The third kappa shape index (κ3) is 3.85. The standard InChI is InChI=1S/C12H21NO3/c1-4-5-10(2)16-9-12(7-15-8-12)6-13-11(3)14/h5H,4,6-9H2,1-3H3,(H,13,14)/b10-5-. The van der Waals surface area contributed by atoms with Crippen molar-refractivity contribution < 1.29 is 14.3 Å². The normalized spacial score (nSPS) is 18.8. The molecule has 0 aliphatic carbocycles. The minimum Gasteiger partial charge on any atom is -0.498 e. The summed E-state index contributed by atoms with van der Waals surface area (Å²) in [6.07, 6.45) is 3.02. The lowest BCUT2D eigenvalue weighted by atomic mass is 9.87. The van der Waals surface area contributed by atoms with E-state index < -0.39 is 0 Å². The second-order valence-electron chi connectivity index (χ2n) is 4.41. The molecule has 1 fully saturated rings. The Kier molecular flexibility index (Phi) is 4.80. The summed E-state index contributed by atoms with van der Waals surface area (Å²) in [5, 5.41) is 2.83. The van der Waals surface area contributed by atoms with E-state index in [1.54, 1.807) is 0 Å². The fourth-order valence-electron chi connectivity index (χ4n) is 1.55. The predicted molar refractivity (Wildman–Crippen MR) is 61.9 cm³/mol. The van der Waals surface area contributed by atoms with E-state index in [9.17, 15) is 4.79 Å².